The van der Waals surface area contributed by atoms with Crippen LogP contribution in [-0.4, -0.2) is 0 Å². The van der Waals surface area contributed by atoms with E-state index in [0.717, 1.165) is 11.5 Å². The van der Waals surface area contributed by atoms with Gasteiger partial charge < -0.3 is 4.74 Å². The molecule has 1 saturated heterocycles. The minimum Gasteiger partial charge on any atom is -0.457 e. The van der Waals surface area contributed by atoms with Crippen LogP contribution in [0.1, 0.15) is 22.3 Å². The standard InChI is InChI=1S/C26H18OS/c1-3-11-19(12-4-1)25(20-13-5-2-6-14-20)26(28-25)21-15-7-9-17-23(21)27-24-18-10-8-16-22(24)26/h1-18H. The molecule has 2 aliphatic rings. The normalized spacial score (nSPS) is 17.3. The van der Waals surface area contributed by atoms with Crippen molar-refractivity contribution in [2.45, 2.75) is 9.49 Å². The van der Waals surface area contributed by atoms with Gasteiger partial charge in [0.2, 0.25) is 0 Å². The zero-order valence-corrected chi connectivity index (χ0v) is 16.0. The zero-order chi connectivity index (χ0) is 18.6. The SMILES string of the molecule is c1ccc(C2(c3ccccc3)SC23c2ccccc2Oc2ccccc23)cc1. The van der Waals surface area contributed by atoms with Crippen molar-refractivity contribution in [3.05, 3.63) is 131 Å². The van der Waals surface area contributed by atoms with E-state index >= 15 is 0 Å². The Hall–Kier alpha value is -2.97. The highest BCUT2D eigenvalue weighted by atomic mass is 32.2. The number of thioether (sulfide) groups is 1. The van der Waals surface area contributed by atoms with Gasteiger partial charge in [0.05, 0.1) is 9.49 Å². The molecular weight excluding hydrogens is 360 g/mol. The first-order chi connectivity index (χ1) is 13.9. The number of hydrogen-bond donors (Lipinski definition) is 0. The Labute approximate surface area is 169 Å². The van der Waals surface area contributed by atoms with Gasteiger partial charge >= 0.3 is 0 Å². The Morgan fingerprint density at radius 3 is 1.39 bits per heavy atom. The minimum absolute atomic E-state index is 0.175. The van der Waals surface area contributed by atoms with E-state index in [9.17, 15) is 0 Å². The van der Waals surface area contributed by atoms with Crippen molar-refractivity contribution in [3.8, 4) is 11.5 Å². The maximum Gasteiger partial charge on any atom is 0.132 e. The fraction of sp³-hybridized carbons (Fsp3) is 0.0769. The Morgan fingerprint density at radius 1 is 0.464 bits per heavy atom. The molecule has 2 heterocycles. The van der Waals surface area contributed by atoms with Crippen LogP contribution in [0, 0.1) is 0 Å². The van der Waals surface area contributed by atoms with Crippen molar-refractivity contribution in [3.63, 3.8) is 0 Å². The van der Waals surface area contributed by atoms with Gasteiger partial charge in [-0.2, -0.15) is 0 Å². The van der Waals surface area contributed by atoms with Crippen LogP contribution in [0.5, 0.6) is 11.5 Å². The van der Waals surface area contributed by atoms with E-state index in [2.05, 4.69) is 109 Å². The van der Waals surface area contributed by atoms with E-state index in [1.54, 1.807) is 0 Å². The second-order valence-electron chi connectivity index (χ2n) is 7.29. The molecule has 0 saturated carbocycles. The van der Waals surface area contributed by atoms with E-state index in [0.29, 0.717) is 0 Å². The summed E-state index contributed by atoms with van der Waals surface area (Å²) in [5.41, 5.74) is 5.17. The molecule has 2 heteroatoms. The molecule has 0 amide bonds. The van der Waals surface area contributed by atoms with Crippen LogP contribution in [0.15, 0.2) is 109 Å². The predicted octanol–water partition coefficient (Wildman–Crippen LogP) is 6.73. The zero-order valence-electron chi connectivity index (χ0n) is 15.2. The van der Waals surface area contributed by atoms with Gasteiger partial charge in [0.25, 0.3) is 0 Å². The minimum atomic E-state index is -0.193. The molecule has 0 atom stereocenters. The molecule has 2 aliphatic heterocycles. The second kappa shape index (κ2) is 5.76. The van der Waals surface area contributed by atoms with Crippen LogP contribution in [-0.2, 0) is 9.49 Å². The lowest BCUT2D eigenvalue weighted by Gasteiger charge is -2.32. The summed E-state index contributed by atoms with van der Waals surface area (Å²) in [6, 6.07) is 38.8. The molecule has 0 aromatic heterocycles. The molecule has 1 nitrogen and oxygen atoms in total. The lowest BCUT2D eigenvalue weighted by Crippen LogP contribution is -2.28. The van der Waals surface area contributed by atoms with Gasteiger partial charge in [-0.15, -0.1) is 11.8 Å². The first kappa shape index (κ1) is 16.0. The number of benzene rings is 4. The van der Waals surface area contributed by atoms with Crippen LogP contribution >= 0.6 is 11.8 Å². The Kier molecular flexibility index (Phi) is 3.30. The molecule has 4 aromatic carbocycles. The topological polar surface area (TPSA) is 9.23 Å². The molecular formula is C26H18OS. The van der Waals surface area contributed by atoms with Crippen LogP contribution < -0.4 is 4.74 Å². The van der Waals surface area contributed by atoms with E-state index in [-0.39, 0.29) is 9.49 Å². The average molecular weight is 378 g/mol. The maximum atomic E-state index is 6.30. The van der Waals surface area contributed by atoms with E-state index < -0.39 is 0 Å². The molecule has 0 aliphatic carbocycles. The fourth-order valence-electron chi connectivity index (χ4n) is 4.69. The highest BCUT2D eigenvalue weighted by molar-refractivity contribution is 8.09. The summed E-state index contributed by atoms with van der Waals surface area (Å²) in [7, 11) is 0. The molecule has 6 rings (SSSR count). The van der Waals surface area contributed by atoms with E-state index in [4.69, 9.17) is 4.74 Å². The van der Waals surface area contributed by atoms with E-state index in [1.807, 2.05) is 11.8 Å². The Morgan fingerprint density at radius 2 is 0.893 bits per heavy atom. The molecule has 0 unspecified atom stereocenters. The third kappa shape index (κ3) is 1.93. The summed E-state index contributed by atoms with van der Waals surface area (Å²) in [5, 5.41) is 0. The largest absolute Gasteiger partial charge is 0.457 e. The quantitative estimate of drug-likeness (QED) is 0.358. The number of para-hydroxylation sites is 2. The second-order valence-corrected chi connectivity index (χ2v) is 8.72. The molecule has 0 radical (unpaired) electrons. The molecule has 1 spiro atoms. The van der Waals surface area contributed by atoms with Crippen molar-refractivity contribution in [2.24, 2.45) is 0 Å². The van der Waals surface area contributed by atoms with Gasteiger partial charge in [0.1, 0.15) is 11.5 Å². The summed E-state index contributed by atoms with van der Waals surface area (Å²) in [4.78, 5) is 0. The van der Waals surface area contributed by atoms with Gasteiger partial charge in [-0.05, 0) is 23.3 Å². The smallest absolute Gasteiger partial charge is 0.132 e. The summed E-state index contributed by atoms with van der Waals surface area (Å²) >= 11 is 2.02. The summed E-state index contributed by atoms with van der Waals surface area (Å²) < 4.78 is 5.94. The summed E-state index contributed by atoms with van der Waals surface area (Å²) in [6.07, 6.45) is 0. The maximum absolute atomic E-state index is 6.30. The lowest BCUT2D eigenvalue weighted by molar-refractivity contribution is 0.437. The van der Waals surface area contributed by atoms with Gasteiger partial charge in [-0.3, -0.25) is 0 Å². The van der Waals surface area contributed by atoms with Crippen LogP contribution in [0.25, 0.3) is 0 Å². The third-order valence-corrected chi connectivity index (χ3v) is 7.81. The van der Waals surface area contributed by atoms with Gasteiger partial charge in [0, 0.05) is 11.1 Å². The molecule has 0 bridgehead atoms. The Balaban J connectivity index is 1.71. The van der Waals surface area contributed by atoms with Crippen molar-refractivity contribution >= 4 is 11.8 Å². The molecule has 4 aromatic rings. The van der Waals surface area contributed by atoms with Crippen molar-refractivity contribution in [2.75, 3.05) is 0 Å². The highest BCUT2D eigenvalue weighted by Crippen LogP contribution is 2.83. The number of hydrogen-bond acceptors (Lipinski definition) is 2. The van der Waals surface area contributed by atoms with Gasteiger partial charge in [0.15, 0.2) is 0 Å². The summed E-state index contributed by atoms with van der Waals surface area (Å²) in [5.74, 6) is 1.92. The van der Waals surface area contributed by atoms with Crippen molar-refractivity contribution in [1.29, 1.82) is 0 Å². The molecule has 134 valence electrons. The predicted molar refractivity (Wildman–Crippen MR) is 115 cm³/mol. The van der Waals surface area contributed by atoms with Crippen LogP contribution in [0.2, 0.25) is 0 Å². The van der Waals surface area contributed by atoms with Crippen molar-refractivity contribution in [1.82, 2.24) is 0 Å². The first-order valence-electron chi connectivity index (χ1n) is 9.54. The number of ether oxygens (including phenoxy) is 1. The molecule has 0 N–H and O–H groups in total. The van der Waals surface area contributed by atoms with E-state index in [1.165, 1.54) is 22.3 Å². The molecule has 1 fully saturated rings. The first-order valence-corrected chi connectivity index (χ1v) is 10.4. The Bertz CT molecular complexity index is 1080. The lowest BCUT2D eigenvalue weighted by atomic mass is 9.72. The highest BCUT2D eigenvalue weighted by Gasteiger charge is 2.74. The third-order valence-electron chi connectivity index (χ3n) is 5.87. The van der Waals surface area contributed by atoms with Crippen molar-refractivity contribution < 1.29 is 4.74 Å². The monoisotopic (exact) mass is 378 g/mol. The fourth-order valence-corrected chi connectivity index (χ4v) is 6.62. The number of fused-ring (bicyclic) bond motifs is 4. The average Bonchev–Trinajstić information content (AvgIpc) is 3.47. The van der Waals surface area contributed by atoms with Crippen LogP contribution in [0.4, 0.5) is 0 Å². The summed E-state index contributed by atoms with van der Waals surface area (Å²) in [6.45, 7) is 0. The van der Waals surface area contributed by atoms with Gasteiger partial charge in [-0.1, -0.05) is 97.1 Å². The van der Waals surface area contributed by atoms with Crippen LogP contribution in [0.3, 0.4) is 0 Å². The molecule has 28 heavy (non-hydrogen) atoms. The van der Waals surface area contributed by atoms with Gasteiger partial charge in [-0.25, -0.2) is 0 Å². The number of rotatable bonds is 2.